The first kappa shape index (κ1) is 27.1. The SMILES string of the molecule is CC(C)(CCCOc1ccc(N2CC=C(Oc3ccc(C4CC4)cc3)C2=O)cc1OC(F)F)[Si](C)(C)O. The van der Waals surface area contributed by atoms with Crippen LogP contribution in [0.2, 0.25) is 18.1 Å². The molecular weight excluding hydrogens is 496 g/mol. The number of benzene rings is 2. The fourth-order valence-electron chi connectivity index (χ4n) is 4.11. The zero-order valence-corrected chi connectivity index (χ0v) is 22.8. The predicted octanol–water partition coefficient (Wildman–Crippen LogP) is 6.61. The van der Waals surface area contributed by atoms with Crippen molar-refractivity contribution in [3.8, 4) is 17.2 Å². The molecule has 0 aromatic heterocycles. The Kier molecular flexibility index (Phi) is 7.94. The fraction of sp³-hybridized carbons (Fsp3) is 0.464. The van der Waals surface area contributed by atoms with Gasteiger partial charge in [0.1, 0.15) is 5.75 Å². The summed E-state index contributed by atoms with van der Waals surface area (Å²) < 4.78 is 42.6. The number of rotatable bonds is 12. The Labute approximate surface area is 218 Å². The minimum Gasteiger partial charge on any atom is -0.490 e. The van der Waals surface area contributed by atoms with Crippen molar-refractivity contribution in [3.63, 3.8) is 0 Å². The third-order valence-corrected chi connectivity index (χ3v) is 10.9. The number of anilines is 1. The van der Waals surface area contributed by atoms with E-state index in [4.69, 9.17) is 14.2 Å². The zero-order valence-electron chi connectivity index (χ0n) is 21.8. The Morgan fingerprint density at radius 1 is 1.11 bits per heavy atom. The van der Waals surface area contributed by atoms with Crippen molar-refractivity contribution in [2.75, 3.05) is 18.1 Å². The lowest BCUT2D eigenvalue weighted by Crippen LogP contribution is -2.39. The van der Waals surface area contributed by atoms with Gasteiger partial charge in [-0.25, -0.2) is 0 Å². The Hall–Kier alpha value is -2.91. The molecule has 6 nitrogen and oxygen atoms in total. The van der Waals surface area contributed by atoms with Crippen LogP contribution in [0.1, 0.15) is 51.0 Å². The van der Waals surface area contributed by atoms with Crippen molar-refractivity contribution in [2.24, 2.45) is 0 Å². The van der Waals surface area contributed by atoms with Gasteiger partial charge in [-0.05, 0) is 85.6 Å². The molecule has 1 fully saturated rings. The van der Waals surface area contributed by atoms with Crippen molar-refractivity contribution in [1.29, 1.82) is 0 Å². The molecule has 1 N–H and O–H groups in total. The number of hydrogen-bond donors (Lipinski definition) is 1. The lowest BCUT2D eigenvalue weighted by Gasteiger charge is -2.35. The van der Waals surface area contributed by atoms with E-state index in [0.717, 1.165) is 6.42 Å². The van der Waals surface area contributed by atoms with Gasteiger partial charge < -0.3 is 23.9 Å². The second-order valence-corrected chi connectivity index (χ2v) is 15.3. The van der Waals surface area contributed by atoms with Crippen LogP contribution in [0.3, 0.4) is 0 Å². The second-order valence-electron chi connectivity index (χ2n) is 10.8. The number of ether oxygens (including phenoxy) is 3. The molecule has 0 unspecified atom stereocenters. The van der Waals surface area contributed by atoms with Crippen molar-refractivity contribution < 1.29 is 32.6 Å². The molecule has 200 valence electrons. The maximum atomic E-state index is 13.1. The average molecular weight is 532 g/mol. The highest BCUT2D eigenvalue weighted by atomic mass is 28.4. The summed E-state index contributed by atoms with van der Waals surface area (Å²) in [5.74, 6) is 1.08. The van der Waals surface area contributed by atoms with E-state index in [1.165, 1.54) is 35.4 Å². The van der Waals surface area contributed by atoms with Gasteiger partial charge in [0.05, 0.1) is 6.61 Å². The van der Waals surface area contributed by atoms with Crippen LogP contribution >= 0.6 is 0 Å². The number of amides is 1. The normalized spacial score (nSPS) is 16.3. The quantitative estimate of drug-likeness (QED) is 0.247. The second kappa shape index (κ2) is 10.8. The lowest BCUT2D eigenvalue weighted by atomic mass is 10.1. The minimum absolute atomic E-state index is 0.138. The van der Waals surface area contributed by atoms with Crippen LogP contribution in [0, 0.1) is 0 Å². The molecular formula is C28H35F2NO5Si. The Morgan fingerprint density at radius 3 is 2.43 bits per heavy atom. The highest BCUT2D eigenvalue weighted by Crippen LogP contribution is 2.41. The number of halogens is 2. The number of hydrogen-bond acceptors (Lipinski definition) is 5. The standard InChI is InChI=1S/C28H35F2NO5Si/c1-28(2,37(3,4)33)15-5-17-34-23-13-10-21(18-25(23)36-27(29)30)31-16-14-24(26(31)32)35-22-11-8-20(9-12-22)19-6-7-19/h8-14,18-19,27,33H,5-7,15-17H2,1-4H3. The van der Waals surface area contributed by atoms with Gasteiger partial charge in [0.2, 0.25) is 0 Å². The lowest BCUT2D eigenvalue weighted by molar-refractivity contribution is -0.116. The predicted molar refractivity (Wildman–Crippen MR) is 141 cm³/mol. The minimum atomic E-state index is -3.04. The van der Waals surface area contributed by atoms with Crippen LogP contribution < -0.4 is 19.1 Å². The molecule has 2 aromatic rings. The zero-order chi connectivity index (χ0) is 26.8. The average Bonchev–Trinajstić information content (AvgIpc) is 3.61. The Balaban J connectivity index is 1.39. The number of carbonyl (C=O) groups excluding carboxylic acids is 1. The molecule has 2 aromatic carbocycles. The van der Waals surface area contributed by atoms with Gasteiger partial charge in [-0.1, -0.05) is 26.0 Å². The molecule has 1 aliphatic carbocycles. The van der Waals surface area contributed by atoms with Crippen LogP contribution in [0.25, 0.3) is 0 Å². The van der Waals surface area contributed by atoms with E-state index in [1.54, 1.807) is 12.1 Å². The summed E-state index contributed by atoms with van der Waals surface area (Å²) in [5, 5.41) is -0.204. The van der Waals surface area contributed by atoms with Crippen LogP contribution in [0.15, 0.2) is 54.3 Å². The van der Waals surface area contributed by atoms with E-state index in [1.807, 2.05) is 51.2 Å². The summed E-state index contributed by atoms with van der Waals surface area (Å²) in [7, 11) is -2.34. The van der Waals surface area contributed by atoms with Crippen molar-refractivity contribution >= 4 is 19.9 Å². The molecule has 1 amide bonds. The van der Waals surface area contributed by atoms with E-state index in [-0.39, 0.29) is 41.4 Å². The van der Waals surface area contributed by atoms with Gasteiger partial charge in [0.15, 0.2) is 25.6 Å². The van der Waals surface area contributed by atoms with E-state index in [2.05, 4.69) is 0 Å². The molecule has 4 rings (SSSR count). The topological polar surface area (TPSA) is 68.2 Å². The Bertz CT molecular complexity index is 1140. The van der Waals surface area contributed by atoms with Gasteiger partial charge in [0, 0.05) is 18.3 Å². The largest absolute Gasteiger partial charge is 0.490 e. The summed E-state index contributed by atoms with van der Waals surface area (Å²) in [5.41, 5.74) is 1.68. The van der Waals surface area contributed by atoms with Crippen LogP contribution in [-0.4, -0.2) is 38.8 Å². The maximum Gasteiger partial charge on any atom is 0.387 e. The van der Waals surface area contributed by atoms with Gasteiger partial charge in [-0.2, -0.15) is 8.78 Å². The molecule has 0 spiro atoms. The summed E-state index contributed by atoms with van der Waals surface area (Å²) >= 11 is 0. The number of carbonyl (C=O) groups is 1. The van der Waals surface area contributed by atoms with Crippen molar-refractivity contribution in [3.05, 3.63) is 59.9 Å². The first-order chi connectivity index (χ1) is 17.4. The molecule has 37 heavy (non-hydrogen) atoms. The Morgan fingerprint density at radius 2 is 1.81 bits per heavy atom. The van der Waals surface area contributed by atoms with E-state index < -0.39 is 14.9 Å². The smallest absolute Gasteiger partial charge is 0.387 e. The molecule has 0 radical (unpaired) electrons. The highest BCUT2D eigenvalue weighted by molar-refractivity contribution is 6.72. The van der Waals surface area contributed by atoms with Gasteiger partial charge in [-0.3, -0.25) is 4.79 Å². The van der Waals surface area contributed by atoms with Crippen molar-refractivity contribution in [1.82, 2.24) is 0 Å². The molecule has 0 atom stereocenters. The first-order valence-corrected chi connectivity index (χ1v) is 15.6. The third kappa shape index (κ3) is 6.70. The third-order valence-electron chi connectivity index (χ3n) is 7.39. The molecule has 0 saturated heterocycles. The van der Waals surface area contributed by atoms with Gasteiger partial charge in [0.25, 0.3) is 5.91 Å². The summed E-state index contributed by atoms with van der Waals surface area (Å²) in [4.78, 5) is 24.9. The van der Waals surface area contributed by atoms with E-state index in [9.17, 15) is 18.4 Å². The van der Waals surface area contributed by atoms with Crippen molar-refractivity contribution in [2.45, 2.75) is 70.2 Å². The first-order valence-electron chi connectivity index (χ1n) is 12.7. The molecule has 1 aliphatic heterocycles. The van der Waals surface area contributed by atoms with E-state index >= 15 is 0 Å². The molecule has 0 bridgehead atoms. The van der Waals surface area contributed by atoms with Gasteiger partial charge >= 0.3 is 6.61 Å². The van der Waals surface area contributed by atoms with Crippen LogP contribution in [0.5, 0.6) is 17.2 Å². The van der Waals surface area contributed by atoms with Crippen LogP contribution in [-0.2, 0) is 4.79 Å². The highest BCUT2D eigenvalue weighted by Gasteiger charge is 2.37. The maximum absolute atomic E-state index is 13.1. The summed E-state index contributed by atoms with van der Waals surface area (Å²) in [6.45, 7) is 5.35. The fourth-order valence-corrected chi connectivity index (χ4v) is 4.90. The van der Waals surface area contributed by atoms with E-state index in [0.29, 0.717) is 23.8 Å². The molecule has 9 heteroatoms. The molecule has 2 aliphatic rings. The monoisotopic (exact) mass is 531 g/mol. The van der Waals surface area contributed by atoms with Gasteiger partial charge in [-0.15, -0.1) is 0 Å². The molecule has 1 heterocycles. The number of nitrogens with zero attached hydrogens (tertiary/aromatic N) is 1. The number of alkyl halides is 2. The summed E-state index contributed by atoms with van der Waals surface area (Å²) in [6.07, 6.45) is 5.48. The van der Waals surface area contributed by atoms with Crippen LogP contribution in [0.4, 0.5) is 14.5 Å². The summed E-state index contributed by atoms with van der Waals surface area (Å²) in [6, 6.07) is 12.3. The molecule has 1 saturated carbocycles.